The summed E-state index contributed by atoms with van der Waals surface area (Å²) in [6, 6.07) is 11.1. The maximum atomic E-state index is 5.93. The molecule has 0 N–H and O–H groups in total. The molecule has 14 heavy (non-hydrogen) atoms. The van der Waals surface area contributed by atoms with Crippen molar-refractivity contribution >= 4 is 55.2 Å². The number of fused-ring (bicyclic) bond motifs is 1. The molecule has 4 heteroatoms. The predicted molar refractivity (Wildman–Crippen MR) is 66.9 cm³/mol. The van der Waals surface area contributed by atoms with Crippen LogP contribution in [0.2, 0.25) is 0 Å². The Morgan fingerprint density at radius 2 is 1.43 bits per heavy atom. The second-order valence-corrected chi connectivity index (χ2v) is 11.5. The van der Waals surface area contributed by atoms with Crippen LogP contribution in [-0.2, 0) is 0 Å². The fourth-order valence-electron chi connectivity index (χ4n) is 1.37. The summed E-state index contributed by atoms with van der Waals surface area (Å²) >= 11 is 17.8. The summed E-state index contributed by atoms with van der Waals surface area (Å²) in [7, 11) is 0. The number of hydrogen-bond donors (Lipinski definition) is 0. The van der Waals surface area contributed by atoms with E-state index in [1.807, 2.05) is 42.5 Å². The Morgan fingerprint density at radius 3 is 2.07 bits per heavy atom. The lowest BCUT2D eigenvalue weighted by atomic mass is 10.1. The van der Waals surface area contributed by atoms with E-state index in [1.54, 1.807) is 0 Å². The van der Waals surface area contributed by atoms with Crippen LogP contribution in [-0.4, -0.2) is 6.00 Å². The highest BCUT2D eigenvalue weighted by Gasteiger charge is 2.27. The van der Waals surface area contributed by atoms with Gasteiger partial charge in [-0.05, 0) is 16.0 Å². The molecule has 0 spiro atoms. The first-order valence-corrected chi connectivity index (χ1v) is 9.17. The van der Waals surface area contributed by atoms with Crippen LogP contribution in [0, 0.1) is 0 Å². The highest BCUT2D eigenvalue weighted by atomic mass is 35.8. The first kappa shape index (κ1) is 10.3. The maximum Gasteiger partial charge on any atom is 0.372 e. The highest BCUT2D eigenvalue weighted by Crippen LogP contribution is 2.21. The molecule has 0 saturated heterocycles. The number of rotatable bonds is 1. The molecular weight excluding hydrogens is 255 g/mol. The van der Waals surface area contributed by atoms with Crippen LogP contribution in [0.15, 0.2) is 42.5 Å². The molecule has 0 aliphatic carbocycles. The Labute approximate surface area is 97.5 Å². The van der Waals surface area contributed by atoms with E-state index in [-0.39, 0.29) is 0 Å². The molecule has 0 unspecified atom stereocenters. The molecule has 2 rings (SSSR count). The zero-order valence-corrected chi connectivity index (χ0v) is 10.4. The summed E-state index contributed by atoms with van der Waals surface area (Å²) < 4.78 is 0. The second-order valence-electron chi connectivity index (χ2n) is 3.06. The summed E-state index contributed by atoms with van der Waals surface area (Å²) in [5.41, 5.74) is 0. The Hall–Kier alpha value is -0.213. The molecule has 0 radical (unpaired) electrons. The van der Waals surface area contributed by atoms with Gasteiger partial charge in [0, 0.05) is 0 Å². The van der Waals surface area contributed by atoms with E-state index in [2.05, 4.69) is 0 Å². The highest BCUT2D eigenvalue weighted by molar-refractivity contribution is 7.69. The van der Waals surface area contributed by atoms with Crippen molar-refractivity contribution in [1.82, 2.24) is 0 Å². The number of benzene rings is 2. The van der Waals surface area contributed by atoms with E-state index in [4.69, 9.17) is 33.2 Å². The summed E-state index contributed by atoms with van der Waals surface area (Å²) in [6.45, 7) is 0. The van der Waals surface area contributed by atoms with E-state index in [0.717, 1.165) is 10.6 Å². The molecule has 0 fully saturated rings. The van der Waals surface area contributed by atoms with Crippen molar-refractivity contribution in [2.24, 2.45) is 0 Å². The van der Waals surface area contributed by atoms with Gasteiger partial charge < -0.3 is 0 Å². The van der Waals surface area contributed by atoms with Gasteiger partial charge >= 0.3 is 6.00 Å². The van der Waals surface area contributed by atoms with Crippen LogP contribution in [0.4, 0.5) is 0 Å². The van der Waals surface area contributed by atoms with E-state index in [0.29, 0.717) is 0 Å². The van der Waals surface area contributed by atoms with Crippen molar-refractivity contribution in [2.75, 3.05) is 0 Å². The average molecular weight is 262 g/mol. The molecule has 0 aliphatic rings. The van der Waals surface area contributed by atoms with Crippen LogP contribution in [0.1, 0.15) is 0 Å². The third-order valence-corrected chi connectivity index (χ3v) is 5.01. The van der Waals surface area contributed by atoms with Gasteiger partial charge in [-0.2, -0.15) is 0 Å². The van der Waals surface area contributed by atoms with Crippen LogP contribution < -0.4 is 5.19 Å². The molecule has 0 aliphatic heterocycles. The number of hydrogen-bond acceptors (Lipinski definition) is 0. The van der Waals surface area contributed by atoms with Gasteiger partial charge in [0.2, 0.25) is 0 Å². The van der Waals surface area contributed by atoms with Crippen LogP contribution >= 0.6 is 33.2 Å². The monoisotopic (exact) mass is 260 g/mol. The minimum atomic E-state index is -2.73. The number of halogens is 3. The minimum absolute atomic E-state index is 0.834. The summed E-state index contributed by atoms with van der Waals surface area (Å²) in [5.74, 6) is 0. The zero-order chi connectivity index (χ0) is 10.2. The average Bonchev–Trinajstić information content (AvgIpc) is 2.16. The summed E-state index contributed by atoms with van der Waals surface area (Å²) in [4.78, 5) is 0. The summed E-state index contributed by atoms with van der Waals surface area (Å²) in [6.07, 6.45) is 0. The first-order chi connectivity index (χ1) is 6.57. The fourth-order valence-corrected chi connectivity index (χ4v) is 3.02. The quantitative estimate of drug-likeness (QED) is 0.542. The lowest BCUT2D eigenvalue weighted by Crippen LogP contribution is -2.29. The lowest BCUT2D eigenvalue weighted by Gasteiger charge is -2.08. The normalized spacial score (nSPS) is 11.9. The van der Waals surface area contributed by atoms with Crippen molar-refractivity contribution < 1.29 is 0 Å². The molecule has 2 aromatic rings. The van der Waals surface area contributed by atoms with E-state index >= 15 is 0 Å². The standard InChI is InChI=1S/C10H7Cl3Si/c11-14(12,13)10-6-5-8-3-1-2-4-9(8)7-10/h1-7H. The van der Waals surface area contributed by atoms with E-state index in [9.17, 15) is 0 Å². The van der Waals surface area contributed by atoms with Gasteiger partial charge in [-0.25, -0.2) is 0 Å². The van der Waals surface area contributed by atoms with Gasteiger partial charge in [0.05, 0.1) is 0 Å². The molecular formula is C10H7Cl3Si. The van der Waals surface area contributed by atoms with Gasteiger partial charge in [-0.15, -0.1) is 33.2 Å². The molecule has 2 aromatic carbocycles. The van der Waals surface area contributed by atoms with Crippen LogP contribution in [0.25, 0.3) is 10.8 Å². The Balaban J connectivity index is 2.63. The Kier molecular flexibility index (Phi) is 2.76. The third kappa shape index (κ3) is 2.06. The van der Waals surface area contributed by atoms with Crippen LogP contribution in [0.5, 0.6) is 0 Å². The topological polar surface area (TPSA) is 0 Å². The maximum absolute atomic E-state index is 5.93. The van der Waals surface area contributed by atoms with Crippen LogP contribution in [0.3, 0.4) is 0 Å². The Bertz CT molecular complexity index is 462. The Morgan fingerprint density at radius 1 is 0.786 bits per heavy atom. The minimum Gasteiger partial charge on any atom is -0.121 e. The summed E-state index contributed by atoms with van der Waals surface area (Å²) in [5, 5.41) is 3.12. The van der Waals surface area contributed by atoms with Gasteiger partial charge in [-0.1, -0.05) is 42.5 Å². The smallest absolute Gasteiger partial charge is 0.121 e. The fraction of sp³-hybridized carbons (Fsp3) is 0. The largest absolute Gasteiger partial charge is 0.372 e. The van der Waals surface area contributed by atoms with Gasteiger partial charge in [-0.3, -0.25) is 0 Å². The van der Waals surface area contributed by atoms with Crippen molar-refractivity contribution in [1.29, 1.82) is 0 Å². The molecule has 72 valence electrons. The molecule has 0 aromatic heterocycles. The van der Waals surface area contributed by atoms with Crippen molar-refractivity contribution in [3.8, 4) is 0 Å². The van der Waals surface area contributed by atoms with Crippen molar-refractivity contribution in [2.45, 2.75) is 0 Å². The molecule has 0 amide bonds. The van der Waals surface area contributed by atoms with E-state index in [1.165, 1.54) is 5.39 Å². The van der Waals surface area contributed by atoms with Gasteiger partial charge in [0.1, 0.15) is 0 Å². The molecule has 0 atom stereocenters. The van der Waals surface area contributed by atoms with Crippen molar-refractivity contribution in [3.05, 3.63) is 42.5 Å². The molecule has 0 bridgehead atoms. The van der Waals surface area contributed by atoms with Gasteiger partial charge in [0.25, 0.3) is 0 Å². The molecule has 0 saturated carbocycles. The zero-order valence-electron chi connectivity index (χ0n) is 7.18. The first-order valence-electron chi connectivity index (χ1n) is 4.13. The molecule has 0 heterocycles. The van der Waals surface area contributed by atoms with E-state index < -0.39 is 6.00 Å². The SMILES string of the molecule is Cl[Si](Cl)(Cl)c1ccc2ccccc2c1. The van der Waals surface area contributed by atoms with Crippen molar-refractivity contribution in [3.63, 3.8) is 0 Å². The molecule has 0 nitrogen and oxygen atoms in total. The third-order valence-electron chi connectivity index (χ3n) is 2.08. The van der Waals surface area contributed by atoms with Gasteiger partial charge in [0.15, 0.2) is 0 Å². The second kappa shape index (κ2) is 3.74. The predicted octanol–water partition coefficient (Wildman–Crippen LogP) is 3.70. The lowest BCUT2D eigenvalue weighted by molar-refractivity contribution is 1.78.